The zero-order valence-corrected chi connectivity index (χ0v) is 22.2. The summed E-state index contributed by atoms with van der Waals surface area (Å²) < 4.78 is 3.65. The van der Waals surface area contributed by atoms with E-state index in [2.05, 4.69) is 68.3 Å². The number of aryl methyl sites for hydroxylation is 1. The Morgan fingerprint density at radius 3 is 2.64 bits per heavy atom. The predicted octanol–water partition coefficient (Wildman–Crippen LogP) is 5.06. The zero-order valence-electron chi connectivity index (χ0n) is 22.2. The number of nitrogens with zero attached hydrogens (tertiary/aromatic N) is 5. The van der Waals surface area contributed by atoms with Crippen LogP contribution in [0.25, 0.3) is 16.7 Å². The highest BCUT2D eigenvalue weighted by Gasteiger charge is 2.21. The minimum atomic E-state index is -0.0937. The van der Waals surface area contributed by atoms with Gasteiger partial charge in [0.05, 0.1) is 10.9 Å². The van der Waals surface area contributed by atoms with Gasteiger partial charge in [0.15, 0.2) is 5.82 Å². The molecule has 1 aromatic carbocycles. The highest BCUT2D eigenvalue weighted by Crippen LogP contribution is 2.28. The second-order valence-corrected chi connectivity index (χ2v) is 11.0. The molecule has 1 aliphatic carbocycles. The van der Waals surface area contributed by atoms with Gasteiger partial charge in [-0.05, 0) is 75.7 Å². The van der Waals surface area contributed by atoms with Gasteiger partial charge in [-0.1, -0.05) is 32.9 Å². The average molecular weight is 485 g/mol. The first-order chi connectivity index (χ1) is 17.2. The van der Waals surface area contributed by atoms with E-state index in [1.165, 1.54) is 17.5 Å². The molecular formula is C29H36N6O. The van der Waals surface area contributed by atoms with Crippen LogP contribution in [-0.2, 0) is 24.8 Å². The Labute approximate surface area is 212 Å². The summed E-state index contributed by atoms with van der Waals surface area (Å²) in [7, 11) is 4.32. The Hall–Kier alpha value is -3.45. The van der Waals surface area contributed by atoms with Crippen molar-refractivity contribution in [1.29, 1.82) is 0 Å². The molecule has 36 heavy (non-hydrogen) atoms. The monoisotopic (exact) mass is 484 g/mol. The van der Waals surface area contributed by atoms with Gasteiger partial charge < -0.3 is 10.2 Å². The van der Waals surface area contributed by atoms with Crippen LogP contribution in [0.5, 0.6) is 0 Å². The molecule has 0 saturated carbocycles. The van der Waals surface area contributed by atoms with Crippen LogP contribution in [0.15, 0.2) is 53.5 Å². The van der Waals surface area contributed by atoms with E-state index in [-0.39, 0.29) is 11.0 Å². The average Bonchev–Trinajstić information content (AvgIpc) is 3.14. The molecule has 3 heterocycles. The maximum Gasteiger partial charge on any atom is 0.276 e. The fraction of sp³-hybridized carbons (Fsp3) is 0.414. The molecule has 1 N–H and O–H groups in total. The Kier molecular flexibility index (Phi) is 6.20. The largest absolute Gasteiger partial charge is 0.340 e. The lowest BCUT2D eigenvalue weighted by Crippen LogP contribution is -2.33. The van der Waals surface area contributed by atoms with Gasteiger partial charge in [-0.15, -0.1) is 0 Å². The van der Waals surface area contributed by atoms with Crippen molar-refractivity contribution in [2.75, 3.05) is 19.4 Å². The molecule has 0 spiro atoms. The van der Waals surface area contributed by atoms with Crippen molar-refractivity contribution in [3.8, 4) is 5.82 Å². The van der Waals surface area contributed by atoms with Gasteiger partial charge in [-0.3, -0.25) is 4.79 Å². The highest BCUT2D eigenvalue weighted by atomic mass is 16.1. The molecule has 0 radical (unpaired) electrons. The summed E-state index contributed by atoms with van der Waals surface area (Å²) in [6.45, 7) is 8.95. The minimum absolute atomic E-state index is 0.0567. The van der Waals surface area contributed by atoms with Crippen molar-refractivity contribution in [3.05, 3.63) is 75.8 Å². The van der Waals surface area contributed by atoms with Crippen molar-refractivity contribution in [2.45, 2.75) is 65.0 Å². The summed E-state index contributed by atoms with van der Waals surface area (Å²) in [5.41, 5.74) is 5.46. The molecule has 0 aliphatic heterocycles. The lowest BCUT2D eigenvalue weighted by atomic mass is 9.87. The molecule has 7 heteroatoms. The van der Waals surface area contributed by atoms with E-state index in [1.54, 1.807) is 10.9 Å². The zero-order chi connectivity index (χ0) is 25.6. The fourth-order valence-electron chi connectivity index (χ4n) is 5.11. The van der Waals surface area contributed by atoms with Crippen LogP contribution >= 0.6 is 0 Å². The molecule has 1 unspecified atom stereocenters. The van der Waals surface area contributed by atoms with Gasteiger partial charge in [0.1, 0.15) is 5.82 Å². The highest BCUT2D eigenvalue weighted by molar-refractivity contribution is 5.82. The third-order valence-corrected chi connectivity index (χ3v) is 7.25. The first kappa shape index (κ1) is 24.3. The summed E-state index contributed by atoms with van der Waals surface area (Å²) in [6, 6.07) is 15.2. The number of anilines is 2. The van der Waals surface area contributed by atoms with Gasteiger partial charge in [0, 0.05) is 41.6 Å². The van der Waals surface area contributed by atoms with Gasteiger partial charge >= 0.3 is 0 Å². The standard InChI is InChI=1S/C29H36N6O/c1-7-34-28(36)23-18-30-26(17-24(23)35(34)27-10-8-9-25(32-27)29(2,3)4)31-21-13-11-20-16-22(33(5)6)14-12-19(20)15-21/h8-11,13,15,17-18,22H,7,12,14,16H2,1-6H3,(H,30,31). The van der Waals surface area contributed by atoms with Gasteiger partial charge in [0.2, 0.25) is 0 Å². The summed E-state index contributed by atoms with van der Waals surface area (Å²) in [6.07, 6.45) is 5.01. The number of hydrogen-bond acceptors (Lipinski definition) is 5. The number of aromatic nitrogens is 4. The lowest BCUT2D eigenvalue weighted by molar-refractivity contribution is 0.268. The Bertz CT molecular complexity index is 1470. The first-order valence-corrected chi connectivity index (χ1v) is 12.8. The Morgan fingerprint density at radius 2 is 1.92 bits per heavy atom. The second kappa shape index (κ2) is 9.21. The number of nitrogens with one attached hydrogen (secondary N) is 1. The molecule has 5 rings (SSSR count). The molecule has 0 saturated heterocycles. The van der Waals surface area contributed by atoms with E-state index in [4.69, 9.17) is 4.98 Å². The van der Waals surface area contributed by atoms with E-state index in [0.29, 0.717) is 23.8 Å². The minimum Gasteiger partial charge on any atom is -0.340 e. The summed E-state index contributed by atoms with van der Waals surface area (Å²) in [4.78, 5) is 25.0. The quantitative estimate of drug-likeness (QED) is 0.429. The number of likely N-dealkylation sites (N-methyl/N-ethyl adjacent to an activating group) is 1. The molecule has 7 nitrogen and oxygen atoms in total. The molecule has 4 aromatic rings. The SMILES string of the molecule is CCn1c(=O)c2cnc(Nc3ccc4c(c3)CCC(N(C)C)C4)cc2n1-c1cccc(C(C)(C)C)n1. The molecule has 0 fully saturated rings. The van der Waals surface area contributed by atoms with E-state index in [1.807, 2.05) is 35.9 Å². The topological polar surface area (TPSA) is 68.0 Å². The van der Waals surface area contributed by atoms with E-state index < -0.39 is 0 Å². The van der Waals surface area contributed by atoms with Crippen molar-refractivity contribution >= 4 is 22.4 Å². The molecule has 0 bridgehead atoms. The third kappa shape index (κ3) is 4.44. The molecule has 188 valence electrons. The van der Waals surface area contributed by atoms with Gasteiger partial charge in [-0.25, -0.2) is 19.3 Å². The lowest BCUT2D eigenvalue weighted by Gasteiger charge is -2.30. The van der Waals surface area contributed by atoms with Crippen LogP contribution in [0.2, 0.25) is 0 Å². The summed E-state index contributed by atoms with van der Waals surface area (Å²) >= 11 is 0. The van der Waals surface area contributed by atoms with Crippen LogP contribution in [-0.4, -0.2) is 44.4 Å². The van der Waals surface area contributed by atoms with Crippen LogP contribution in [0.1, 0.15) is 50.9 Å². The number of rotatable bonds is 5. The number of benzene rings is 1. The number of fused-ring (bicyclic) bond motifs is 2. The van der Waals surface area contributed by atoms with Crippen LogP contribution in [0, 0.1) is 0 Å². The molecule has 1 aliphatic rings. The van der Waals surface area contributed by atoms with E-state index in [0.717, 1.165) is 35.6 Å². The summed E-state index contributed by atoms with van der Waals surface area (Å²) in [5.74, 6) is 1.44. The maximum atomic E-state index is 13.2. The third-order valence-electron chi connectivity index (χ3n) is 7.25. The van der Waals surface area contributed by atoms with Crippen molar-refractivity contribution in [3.63, 3.8) is 0 Å². The van der Waals surface area contributed by atoms with Crippen LogP contribution in [0.4, 0.5) is 11.5 Å². The smallest absolute Gasteiger partial charge is 0.276 e. The van der Waals surface area contributed by atoms with Crippen LogP contribution in [0.3, 0.4) is 0 Å². The van der Waals surface area contributed by atoms with E-state index >= 15 is 0 Å². The predicted molar refractivity (Wildman–Crippen MR) is 147 cm³/mol. The van der Waals surface area contributed by atoms with Gasteiger partial charge in [-0.2, -0.15) is 0 Å². The summed E-state index contributed by atoms with van der Waals surface area (Å²) in [5, 5.41) is 4.06. The molecule has 0 amide bonds. The molecule has 3 aromatic heterocycles. The maximum absolute atomic E-state index is 13.2. The van der Waals surface area contributed by atoms with Crippen LogP contribution < -0.4 is 10.9 Å². The van der Waals surface area contributed by atoms with Gasteiger partial charge in [0.25, 0.3) is 5.56 Å². The number of hydrogen-bond donors (Lipinski definition) is 1. The Morgan fingerprint density at radius 1 is 1.11 bits per heavy atom. The molecular weight excluding hydrogens is 448 g/mol. The fourth-order valence-corrected chi connectivity index (χ4v) is 5.11. The van der Waals surface area contributed by atoms with Crippen molar-refractivity contribution < 1.29 is 0 Å². The Balaban J connectivity index is 1.53. The second-order valence-electron chi connectivity index (χ2n) is 11.0. The first-order valence-electron chi connectivity index (χ1n) is 12.8. The van der Waals surface area contributed by atoms with E-state index in [9.17, 15) is 4.79 Å². The van der Waals surface area contributed by atoms with Crippen molar-refractivity contribution in [2.24, 2.45) is 0 Å². The van der Waals surface area contributed by atoms with Crippen molar-refractivity contribution in [1.82, 2.24) is 24.2 Å². The number of pyridine rings is 2. The molecule has 1 atom stereocenters. The normalized spacial score (nSPS) is 15.9.